The van der Waals surface area contributed by atoms with Crippen molar-refractivity contribution in [2.75, 3.05) is 4.72 Å². The molecule has 0 radical (unpaired) electrons. The average molecular weight is 425 g/mol. The smallest absolute Gasteiger partial charge is 0.261 e. The average Bonchev–Trinajstić information content (AvgIpc) is 3.15. The van der Waals surface area contributed by atoms with E-state index in [4.69, 9.17) is 0 Å². The summed E-state index contributed by atoms with van der Waals surface area (Å²) in [4.78, 5) is 12.6. The van der Waals surface area contributed by atoms with Crippen molar-refractivity contribution in [2.24, 2.45) is 0 Å². The Hall–Kier alpha value is -3.79. The number of nitrogens with zero attached hydrogens (tertiary/aromatic N) is 3. The number of carbonyl (C=O) groups is 1. The number of para-hydroxylation sites is 1. The second kappa shape index (κ2) is 7.91. The highest BCUT2D eigenvalue weighted by Gasteiger charge is 2.19. The van der Waals surface area contributed by atoms with Gasteiger partial charge in [0, 0.05) is 6.20 Å². The normalized spacial score (nSPS) is 11.4. The van der Waals surface area contributed by atoms with Crippen molar-refractivity contribution in [3.8, 4) is 0 Å². The number of pyridine rings is 1. The van der Waals surface area contributed by atoms with Gasteiger partial charge in [0.2, 0.25) is 0 Å². The molecule has 4 rings (SSSR count). The molecule has 0 unspecified atom stereocenters. The Bertz CT molecular complexity index is 1320. The highest BCUT2D eigenvalue weighted by Crippen LogP contribution is 2.20. The number of aromatic nitrogens is 3. The zero-order valence-electron chi connectivity index (χ0n) is 15.5. The van der Waals surface area contributed by atoms with Gasteiger partial charge in [-0.25, -0.2) is 12.8 Å². The van der Waals surface area contributed by atoms with Crippen LogP contribution in [0.2, 0.25) is 0 Å². The second-order valence-corrected chi connectivity index (χ2v) is 8.02. The molecule has 2 aromatic heterocycles. The molecule has 152 valence electrons. The fourth-order valence-corrected chi connectivity index (χ4v) is 3.93. The second-order valence-electron chi connectivity index (χ2n) is 6.33. The minimum Gasteiger partial charge on any atom is -0.345 e. The predicted octanol–water partition coefficient (Wildman–Crippen LogP) is 2.60. The van der Waals surface area contributed by atoms with E-state index in [1.54, 1.807) is 28.8 Å². The number of sulfonamides is 1. The van der Waals surface area contributed by atoms with Crippen LogP contribution in [-0.4, -0.2) is 28.9 Å². The van der Waals surface area contributed by atoms with Crippen molar-refractivity contribution in [2.45, 2.75) is 11.4 Å². The van der Waals surface area contributed by atoms with Crippen LogP contribution in [0.25, 0.3) is 5.65 Å². The Labute approximate surface area is 171 Å². The molecule has 2 N–H and O–H groups in total. The third-order valence-corrected chi connectivity index (χ3v) is 5.71. The lowest BCUT2D eigenvalue weighted by atomic mass is 10.1. The Morgan fingerprint density at radius 2 is 1.70 bits per heavy atom. The Balaban J connectivity index is 1.54. The highest BCUT2D eigenvalue weighted by atomic mass is 32.2. The first-order valence-corrected chi connectivity index (χ1v) is 10.4. The quantitative estimate of drug-likeness (QED) is 0.494. The van der Waals surface area contributed by atoms with Gasteiger partial charge in [0.1, 0.15) is 5.82 Å². The Kier molecular flexibility index (Phi) is 5.15. The number of hydrogen-bond donors (Lipinski definition) is 2. The van der Waals surface area contributed by atoms with Gasteiger partial charge in [-0.2, -0.15) is 0 Å². The van der Waals surface area contributed by atoms with E-state index in [0.717, 1.165) is 24.3 Å². The lowest BCUT2D eigenvalue weighted by Crippen LogP contribution is -2.25. The molecule has 0 aliphatic carbocycles. The SMILES string of the molecule is O=C(NCc1nnc2ccccn12)c1ccccc1NS(=O)(=O)c1ccc(F)cc1. The number of rotatable bonds is 6. The molecule has 0 saturated carbocycles. The van der Waals surface area contributed by atoms with Crippen LogP contribution in [-0.2, 0) is 16.6 Å². The number of anilines is 1. The van der Waals surface area contributed by atoms with Gasteiger partial charge in [0.15, 0.2) is 11.5 Å². The first kappa shape index (κ1) is 19.5. The van der Waals surface area contributed by atoms with Crippen molar-refractivity contribution in [3.63, 3.8) is 0 Å². The van der Waals surface area contributed by atoms with Crippen LogP contribution in [0.15, 0.2) is 77.8 Å². The summed E-state index contributed by atoms with van der Waals surface area (Å²) < 4.78 is 42.4. The van der Waals surface area contributed by atoms with Crippen molar-refractivity contribution < 1.29 is 17.6 Å². The van der Waals surface area contributed by atoms with Crippen LogP contribution in [0.1, 0.15) is 16.2 Å². The number of hydrogen-bond acceptors (Lipinski definition) is 5. The lowest BCUT2D eigenvalue weighted by molar-refractivity contribution is 0.0950. The number of amides is 1. The summed E-state index contributed by atoms with van der Waals surface area (Å²) in [6.45, 7) is 0.100. The van der Waals surface area contributed by atoms with Crippen molar-refractivity contribution >= 4 is 27.3 Å². The van der Waals surface area contributed by atoms with Crippen molar-refractivity contribution in [1.29, 1.82) is 0 Å². The van der Waals surface area contributed by atoms with Crippen LogP contribution in [0.5, 0.6) is 0 Å². The number of benzene rings is 2. The van der Waals surface area contributed by atoms with Gasteiger partial charge >= 0.3 is 0 Å². The molecule has 8 nitrogen and oxygen atoms in total. The summed E-state index contributed by atoms with van der Waals surface area (Å²) in [6, 6.07) is 16.0. The monoisotopic (exact) mass is 425 g/mol. The molecule has 0 aliphatic rings. The van der Waals surface area contributed by atoms with Gasteiger partial charge in [-0.1, -0.05) is 18.2 Å². The summed E-state index contributed by atoms with van der Waals surface area (Å²) in [5.74, 6) is -0.502. The van der Waals surface area contributed by atoms with Crippen molar-refractivity contribution in [3.05, 3.63) is 90.1 Å². The summed E-state index contributed by atoms with van der Waals surface area (Å²) in [6.07, 6.45) is 1.78. The van der Waals surface area contributed by atoms with E-state index in [9.17, 15) is 17.6 Å². The van der Waals surface area contributed by atoms with E-state index >= 15 is 0 Å². The van der Waals surface area contributed by atoms with E-state index in [0.29, 0.717) is 11.5 Å². The molecule has 2 heterocycles. The molecule has 10 heteroatoms. The summed E-state index contributed by atoms with van der Waals surface area (Å²) in [5.41, 5.74) is 0.886. The summed E-state index contributed by atoms with van der Waals surface area (Å²) in [7, 11) is -4.00. The maximum atomic E-state index is 13.1. The fraction of sp³-hybridized carbons (Fsp3) is 0.0500. The molecular weight excluding hydrogens is 409 g/mol. The van der Waals surface area contributed by atoms with Crippen LogP contribution in [0, 0.1) is 5.82 Å². The minimum absolute atomic E-state index is 0.100. The Morgan fingerprint density at radius 1 is 0.967 bits per heavy atom. The van der Waals surface area contributed by atoms with Gasteiger partial charge in [0.05, 0.1) is 22.7 Å². The largest absolute Gasteiger partial charge is 0.345 e. The van der Waals surface area contributed by atoms with Crippen molar-refractivity contribution in [1.82, 2.24) is 19.9 Å². The number of carbonyl (C=O) groups excluding carboxylic acids is 1. The molecular formula is C20H16FN5O3S. The van der Waals surface area contributed by atoms with E-state index in [-0.39, 0.29) is 22.7 Å². The first-order chi connectivity index (χ1) is 14.4. The minimum atomic E-state index is -4.00. The molecule has 0 bridgehead atoms. The van der Waals surface area contributed by atoms with Crippen LogP contribution >= 0.6 is 0 Å². The molecule has 0 aliphatic heterocycles. The third-order valence-electron chi connectivity index (χ3n) is 4.33. The molecule has 0 atom stereocenters. The third kappa shape index (κ3) is 3.98. The van der Waals surface area contributed by atoms with Crippen LogP contribution in [0.4, 0.5) is 10.1 Å². The standard InChI is InChI=1S/C20H16FN5O3S/c21-14-8-10-15(11-9-14)30(28,29)25-17-6-2-1-5-16(17)20(27)22-13-19-24-23-18-7-3-4-12-26(18)19/h1-12,25H,13H2,(H,22,27). The van der Waals surface area contributed by atoms with Crippen LogP contribution < -0.4 is 10.0 Å². The molecule has 0 saturated heterocycles. The van der Waals surface area contributed by atoms with E-state index in [2.05, 4.69) is 20.2 Å². The maximum absolute atomic E-state index is 13.1. The summed E-state index contributed by atoms with van der Waals surface area (Å²) in [5, 5.41) is 10.8. The van der Waals surface area contributed by atoms with Gasteiger partial charge in [0.25, 0.3) is 15.9 Å². The topological polar surface area (TPSA) is 105 Å². The van der Waals surface area contributed by atoms with E-state index < -0.39 is 21.7 Å². The Morgan fingerprint density at radius 3 is 2.50 bits per heavy atom. The number of halogens is 1. The fourth-order valence-electron chi connectivity index (χ4n) is 2.85. The lowest BCUT2D eigenvalue weighted by Gasteiger charge is -2.12. The zero-order chi connectivity index (χ0) is 21.1. The van der Waals surface area contributed by atoms with E-state index in [1.165, 1.54) is 12.1 Å². The zero-order valence-corrected chi connectivity index (χ0v) is 16.3. The summed E-state index contributed by atoms with van der Waals surface area (Å²) >= 11 is 0. The van der Waals surface area contributed by atoms with E-state index in [1.807, 2.05) is 12.1 Å². The molecule has 30 heavy (non-hydrogen) atoms. The van der Waals surface area contributed by atoms with Gasteiger partial charge in [-0.3, -0.25) is 13.9 Å². The number of fused-ring (bicyclic) bond motifs is 1. The van der Waals surface area contributed by atoms with Crippen LogP contribution in [0.3, 0.4) is 0 Å². The predicted molar refractivity (Wildman–Crippen MR) is 108 cm³/mol. The molecule has 4 aromatic rings. The molecule has 2 aromatic carbocycles. The first-order valence-electron chi connectivity index (χ1n) is 8.88. The number of nitrogens with one attached hydrogen (secondary N) is 2. The molecule has 0 spiro atoms. The molecule has 1 amide bonds. The van der Waals surface area contributed by atoms with Gasteiger partial charge < -0.3 is 5.32 Å². The highest BCUT2D eigenvalue weighted by molar-refractivity contribution is 7.92. The maximum Gasteiger partial charge on any atom is 0.261 e. The van der Waals surface area contributed by atoms with Gasteiger partial charge in [-0.05, 0) is 48.5 Å². The molecule has 0 fully saturated rings. The van der Waals surface area contributed by atoms with Gasteiger partial charge in [-0.15, -0.1) is 10.2 Å².